The minimum Gasteiger partial charge on any atom is -0.365 e. The van der Waals surface area contributed by atoms with E-state index in [-0.39, 0.29) is 23.0 Å². The summed E-state index contributed by atoms with van der Waals surface area (Å²) in [6, 6.07) is 10.9. The van der Waals surface area contributed by atoms with Gasteiger partial charge in [-0.2, -0.15) is 10.4 Å². The molecule has 1 aromatic carbocycles. The first-order valence-corrected chi connectivity index (χ1v) is 11.3. The molecule has 1 atom stereocenters. The van der Waals surface area contributed by atoms with E-state index >= 15 is 0 Å². The van der Waals surface area contributed by atoms with Crippen LogP contribution >= 0.6 is 0 Å². The number of nitrogens with one attached hydrogen (secondary N) is 3. The molecule has 0 radical (unpaired) electrons. The Morgan fingerprint density at radius 2 is 1.84 bits per heavy atom. The number of fused-ring (bicyclic) bond motifs is 1. The first kappa shape index (κ1) is 23.5. The smallest absolute Gasteiger partial charge is 0.255 e. The van der Waals surface area contributed by atoms with Crippen molar-refractivity contribution >= 4 is 22.8 Å². The number of benzene rings is 1. The van der Waals surface area contributed by atoms with Gasteiger partial charge in [0.25, 0.3) is 5.91 Å². The van der Waals surface area contributed by atoms with Gasteiger partial charge in [-0.25, -0.2) is 24.3 Å². The molecular formula is C26H20FN9O. The normalized spacial score (nSPS) is 11.6. The number of hydrogen-bond acceptors (Lipinski definition) is 8. The maximum absolute atomic E-state index is 13.2. The van der Waals surface area contributed by atoms with Crippen molar-refractivity contribution in [1.82, 2.24) is 35.5 Å². The summed E-state index contributed by atoms with van der Waals surface area (Å²) in [5, 5.41) is 22.9. The molecule has 1 unspecified atom stereocenters. The highest BCUT2D eigenvalue weighted by Crippen LogP contribution is 2.20. The fraction of sp³-hybridized carbons (Fsp3) is 0.115. The van der Waals surface area contributed by atoms with Crippen LogP contribution in [0.5, 0.6) is 0 Å². The Labute approximate surface area is 210 Å². The van der Waals surface area contributed by atoms with Crippen molar-refractivity contribution in [1.29, 1.82) is 5.26 Å². The summed E-state index contributed by atoms with van der Waals surface area (Å²) in [4.78, 5) is 30.5. The average Bonchev–Trinajstić information content (AvgIpc) is 3.40. The van der Waals surface area contributed by atoms with Gasteiger partial charge < -0.3 is 10.6 Å². The molecule has 0 aliphatic carbocycles. The Bertz CT molecular complexity index is 1610. The maximum atomic E-state index is 13.2. The standard InChI is InChI=1S/C26H20FN9O/c1-15(18-2-4-21(27)5-3-18)35-26(37)22-6-16(8-28)9-31-25(22)32-12-17-10-29-23(30-11-17)19-7-20-14-34-36-24(20)33-13-19/h2-7,9-11,13-15H,12H2,1H3,(H,31,32)(H,35,37)(H,33,34,36). The number of aromatic nitrogens is 6. The third-order valence-corrected chi connectivity index (χ3v) is 5.69. The number of carbonyl (C=O) groups excluding carboxylic acids is 1. The van der Waals surface area contributed by atoms with Crippen molar-refractivity contribution in [3.63, 3.8) is 0 Å². The molecule has 0 aliphatic heterocycles. The number of pyridine rings is 2. The summed E-state index contributed by atoms with van der Waals surface area (Å²) in [5.74, 6) is 0.0530. The molecule has 10 nitrogen and oxygen atoms in total. The molecule has 0 aliphatic rings. The number of nitriles is 1. The van der Waals surface area contributed by atoms with Gasteiger partial charge in [-0.15, -0.1) is 0 Å². The average molecular weight is 494 g/mol. The Morgan fingerprint density at radius 3 is 2.59 bits per heavy atom. The molecule has 1 amide bonds. The summed E-state index contributed by atoms with van der Waals surface area (Å²) in [7, 11) is 0. The van der Waals surface area contributed by atoms with Gasteiger partial charge in [0, 0.05) is 47.8 Å². The molecule has 5 rings (SSSR count). The predicted molar refractivity (Wildman–Crippen MR) is 133 cm³/mol. The van der Waals surface area contributed by atoms with Crippen LogP contribution in [-0.4, -0.2) is 36.0 Å². The van der Waals surface area contributed by atoms with E-state index in [1.165, 1.54) is 24.4 Å². The van der Waals surface area contributed by atoms with Crippen LogP contribution in [0.3, 0.4) is 0 Å². The lowest BCUT2D eigenvalue weighted by Crippen LogP contribution is -2.28. The van der Waals surface area contributed by atoms with Crippen LogP contribution in [0.2, 0.25) is 0 Å². The van der Waals surface area contributed by atoms with E-state index in [1.807, 2.05) is 12.1 Å². The summed E-state index contributed by atoms with van der Waals surface area (Å²) < 4.78 is 13.2. The first-order valence-electron chi connectivity index (χ1n) is 11.3. The third kappa shape index (κ3) is 5.23. The lowest BCUT2D eigenvalue weighted by molar-refractivity contribution is 0.0940. The van der Waals surface area contributed by atoms with Crippen molar-refractivity contribution in [3.05, 3.63) is 95.5 Å². The second kappa shape index (κ2) is 10.2. The van der Waals surface area contributed by atoms with Crippen LogP contribution in [0.25, 0.3) is 22.4 Å². The number of nitrogens with zero attached hydrogens (tertiary/aromatic N) is 6. The monoisotopic (exact) mass is 493 g/mol. The molecule has 3 N–H and O–H groups in total. The molecule has 4 heterocycles. The molecule has 0 saturated heterocycles. The number of aromatic amines is 1. The molecule has 5 aromatic rings. The van der Waals surface area contributed by atoms with Crippen LogP contribution in [-0.2, 0) is 6.54 Å². The lowest BCUT2D eigenvalue weighted by atomic mass is 10.1. The number of carbonyl (C=O) groups is 1. The van der Waals surface area contributed by atoms with Crippen molar-refractivity contribution in [2.45, 2.75) is 19.5 Å². The van der Waals surface area contributed by atoms with Crippen molar-refractivity contribution < 1.29 is 9.18 Å². The number of halogens is 1. The Kier molecular flexibility index (Phi) is 6.46. The first-order chi connectivity index (χ1) is 18.0. The van der Waals surface area contributed by atoms with Gasteiger partial charge in [-0.05, 0) is 36.8 Å². The van der Waals surface area contributed by atoms with Crippen LogP contribution in [0.4, 0.5) is 10.2 Å². The Balaban J connectivity index is 1.30. The number of amides is 1. The van der Waals surface area contributed by atoms with Gasteiger partial charge in [0.1, 0.15) is 17.7 Å². The van der Waals surface area contributed by atoms with E-state index in [2.05, 4.69) is 40.8 Å². The third-order valence-electron chi connectivity index (χ3n) is 5.69. The molecular weight excluding hydrogens is 473 g/mol. The minimum absolute atomic E-state index is 0.213. The van der Waals surface area contributed by atoms with Crippen LogP contribution in [0.15, 0.2) is 67.4 Å². The van der Waals surface area contributed by atoms with E-state index in [4.69, 9.17) is 0 Å². The molecule has 4 aromatic heterocycles. The van der Waals surface area contributed by atoms with Gasteiger partial charge in [-0.3, -0.25) is 9.89 Å². The SMILES string of the molecule is CC(NC(=O)c1cc(C#N)cnc1NCc1cnc(-c2cnc3[nH]ncc3c2)nc1)c1ccc(F)cc1. The van der Waals surface area contributed by atoms with Crippen LogP contribution < -0.4 is 10.6 Å². The second-order valence-electron chi connectivity index (χ2n) is 8.28. The number of rotatable bonds is 7. The molecule has 0 spiro atoms. The zero-order chi connectivity index (χ0) is 25.8. The molecule has 0 bridgehead atoms. The zero-order valence-electron chi connectivity index (χ0n) is 19.6. The molecule has 11 heteroatoms. The summed E-state index contributed by atoms with van der Waals surface area (Å²) in [6.45, 7) is 2.09. The van der Waals surface area contributed by atoms with Gasteiger partial charge >= 0.3 is 0 Å². The van der Waals surface area contributed by atoms with Gasteiger partial charge in [0.05, 0.1) is 23.4 Å². The predicted octanol–water partition coefficient (Wildman–Crippen LogP) is 3.92. The Hall–Kier alpha value is -5.24. The fourth-order valence-corrected chi connectivity index (χ4v) is 3.69. The maximum Gasteiger partial charge on any atom is 0.255 e. The number of anilines is 1. The van der Waals surface area contributed by atoms with E-state index < -0.39 is 5.91 Å². The summed E-state index contributed by atoms with van der Waals surface area (Å²) >= 11 is 0. The number of hydrogen-bond donors (Lipinski definition) is 3. The van der Waals surface area contributed by atoms with E-state index in [0.29, 0.717) is 23.8 Å². The highest BCUT2D eigenvalue weighted by atomic mass is 19.1. The largest absolute Gasteiger partial charge is 0.365 e. The van der Waals surface area contributed by atoms with Crippen molar-refractivity contribution in [2.75, 3.05) is 5.32 Å². The minimum atomic E-state index is -0.419. The van der Waals surface area contributed by atoms with Crippen molar-refractivity contribution in [2.24, 2.45) is 0 Å². The Morgan fingerprint density at radius 1 is 1.05 bits per heavy atom. The summed E-state index contributed by atoms with van der Waals surface area (Å²) in [5.41, 5.74) is 3.42. The zero-order valence-corrected chi connectivity index (χ0v) is 19.6. The fourth-order valence-electron chi connectivity index (χ4n) is 3.69. The van der Waals surface area contributed by atoms with E-state index in [0.717, 1.165) is 22.1 Å². The summed E-state index contributed by atoms with van der Waals surface area (Å²) in [6.07, 6.45) is 8.10. The number of H-pyrrole nitrogens is 1. The van der Waals surface area contributed by atoms with E-state index in [1.54, 1.807) is 43.8 Å². The second-order valence-corrected chi connectivity index (χ2v) is 8.28. The molecule has 0 fully saturated rings. The van der Waals surface area contributed by atoms with Crippen LogP contribution in [0, 0.1) is 17.1 Å². The topological polar surface area (TPSA) is 145 Å². The quantitative estimate of drug-likeness (QED) is 0.309. The highest BCUT2D eigenvalue weighted by Gasteiger charge is 2.17. The van der Waals surface area contributed by atoms with Crippen LogP contribution in [0.1, 0.15) is 40.0 Å². The van der Waals surface area contributed by atoms with Gasteiger partial charge in [0.2, 0.25) is 0 Å². The highest BCUT2D eigenvalue weighted by molar-refractivity contribution is 5.99. The van der Waals surface area contributed by atoms with E-state index in [9.17, 15) is 14.4 Å². The lowest BCUT2D eigenvalue weighted by Gasteiger charge is -2.16. The molecule has 0 saturated carbocycles. The van der Waals surface area contributed by atoms with Gasteiger partial charge in [0.15, 0.2) is 11.5 Å². The van der Waals surface area contributed by atoms with Crippen molar-refractivity contribution in [3.8, 4) is 17.5 Å². The molecule has 182 valence electrons. The van der Waals surface area contributed by atoms with Gasteiger partial charge in [-0.1, -0.05) is 12.1 Å². The molecule has 37 heavy (non-hydrogen) atoms.